The second kappa shape index (κ2) is 15.4. The molecular formula is C40H37N9O8. The molecule has 3 aliphatic rings. The average Bonchev–Trinajstić information content (AvgIpc) is 3.79. The van der Waals surface area contributed by atoms with Crippen molar-refractivity contribution in [1.29, 1.82) is 0 Å². The number of piperazine rings is 1. The predicted octanol–water partition coefficient (Wildman–Crippen LogP) is 4.27. The molecule has 3 aromatic carbocycles. The summed E-state index contributed by atoms with van der Waals surface area (Å²) in [5, 5.41) is 11.3. The Morgan fingerprint density at radius 3 is 2.47 bits per heavy atom. The van der Waals surface area contributed by atoms with E-state index in [0.717, 1.165) is 16.3 Å². The van der Waals surface area contributed by atoms with Crippen LogP contribution in [-0.4, -0.2) is 94.0 Å². The molecule has 290 valence electrons. The number of fused-ring (bicyclic) bond motifs is 2. The van der Waals surface area contributed by atoms with Gasteiger partial charge in [-0.3, -0.25) is 39.0 Å². The second-order valence-electron chi connectivity index (χ2n) is 13.6. The van der Waals surface area contributed by atoms with Crippen molar-refractivity contribution < 1.29 is 37.9 Å². The Balaban J connectivity index is 0.859. The standard InChI is InChI=1S/C40H37N9O8/c1-2-31(50)42-24-5-3-6-26(21-24)57-37-35-29(15-20-56-35)44-40(46-37)43-23-9-11-25(12-10-23)47-16-18-48(19-17-47)33(52)22-41-28-8-4-7-27-34(28)39(55)49(38(27)54)30-13-14-32(51)45-36(30)53/h3-12,15,20-21,30,41H,2,13-14,16-19,22H2,1H3,(H,42,50)(H,43,44,46)(H,45,51,53). The molecule has 0 spiro atoms. The van der Waals surface area contributed by atoms with Gasteiger partial charge in [0.15, 0.2) is 0 Å². The lowest BCUT2D eigenvalue weighted by atomic mass is 10.0. The van der Waals surface area contributed by atoms with Crippen molar-refractivity contribution >= 4 is 75.2 Å². The number of ether oxygens (including phenoxy) is 1. The van der Waals surface area contributed by atoms with Gasteiger partial charge in [0.2, 0.25) is 35.2 Å². The van der Waals surface area contributed by atoms with Gasteiger partial charge >= 0.3 is 0 Å². The summed E-state index contributed by atoms with van der Waals surface area (Å²) in [5.74, 6) is -1.70. The third-order valence-electron chi connectivity index (χ3n) is 9.95. The fraction of sp³-hybridized carbons (Fsp3) is 0.250. The van der Waals surface area contributed by atoms with E-state index < -0.39 is 29.7 Å². The largest absolute Gasteiger partial charge is 0.457 e. The van der Waals surface area contributed by atoms with E-state index in [4.69, 9.17) is 9.15 Å². The van der Waals surface area contributed by atoms with E-state index in [0.29, 0.717) is 66.8 Å². The Hall–Kier alpha value is -7.30. The molecular weight excluding hydrogens is 734 g/mol. The van der Waals surface area contributed by atoms with E-state index in [2.05, 4.69) is 36.1 Å². The van der Waals surface area contributed by atoms with Crippen molar-refractivity contribution in [2.24, 2.45) is 0 Å². The van der Waals surface area contributed by atoms with Gasteiger partial charge in [0.1, 0.15) is 17.3 Å². The van der Waals surface area contributed by atoms with Crippen molar-refractivity contribution in [2.45, 2.75) is 32.2 Å². The molecule has 5 heterocycles. The molecule has 5 aromatic rings. The van der Waals surface area contributed by atoms with Gasteiger partial charge in [-0.1, -0.05) is 19.1 Å². The third kappa shape index (κ3) is 7.54. The molecule has 6 amide bonds. The summed E-state index contributed by atoms with van der Waals surface area (Å²) in [6.45, 7) is 3.82. The summed E-state index contributed by atoms with van der Waals surface area (Å²) in [6.07, 6.45) is 1.94. The molecule has 0 radical (unpaired) electrons. The third-order valence-corrected chi connectivity index (χ3v) is 9.95. The van der Waals surface area contributed by atoms with E-state index in [1.807, 2.05) is 24.3 Å². The number of furan rings is 1. The Labute approximate surface area is 325 Å². The summed E-state index contributed by atoms with van der Waals surface area (Å²) in [4.78, 5) is 89.7. The summed E-state index contributed by atoms with van der Waals surface area (Å²) >= 11 is 0. The minimum absolute atomic E-state index is 0.0252. The number of amides is 6. The average molecular weight is 772 g/mol. The van der Waals surface area contributed by atoms with Crippen molar-refractivity contribution in [2.75, 3.05) is 53.6 Å². The Morgan fingerprint density at radius 2 is 1.70 bits per heavy atom. The first kappa shape index (κ1) is 36.7. The highest BCUT2D eigenvalue weighted by Gasteiger charge is 2.45. The number of aromatic nitrogens is 2. The highest BCUT2D eigenvalue weighted by Crippen LogP contribution is 2.34. The van der Waals surface area contributed by atoms with Gasteiger partial charge < -0.3 is 34.9 Å². The molecule has 17 heteroatoms. The second-order valence-corrected chi connectivity index (χ2v) is 13.6. The van der Waals surface area contributed by atoms with Crippen LogP contribution in [0.25, 0.3) is 11.1 Å². The maximum Gasteiger partial charge on any atom is 0.268 e. The minimum Gasteiger partial charge on any atom is -0.457 e. The quantitative estimate of drug-likeness (QED) is 0.139. The Kier molecular flexibility index (Phi) is 9.94. The van der Waals surface area contributed by atoms with Crippen LogP contribution < -0.4 is 30.9 Å². The lowest BCUT2D eigenvalue weighted by molar-refractivity contribution is -0.136. The number of carbonyl (C=O) groups is 6. The van der Waals surface area contributed by atoms with E-state index in [-0.39, 0.29) is 48.2 Å². The normalized spacial score (nSPS) is 16.7. The molecule has 2 fully saturated rings. The van der Waals surface area contributed by atoms with Crippen LogP contribution in [0.1, 0.15) is 46.9 Å². The molecule has 57 heavy (non-hydrogen) atoms. The molecule has 8 rings (SSSR count). The lowest BCUT2D eigenvalue weighted by Gasteiger charge is -2.36. The topological polar surface area (TPSA) is 208 Å². The van der Waals surface area contributed by atoms with Gasteiger partial charge in [-0.25, -0.2) is 4.98 Å². The van der Waals surface area contributed by atoms with Crippen LogP contribution in [0, 0.1) is 0 Å². The number of nitrogens with zero attached hydrogens (tertiary/aromatic N) is 5. The first-order chi connectivity index (χ1) is 27.6. The number of hydrogen-bond acceptors (Lipinski definition) is 13. The molecule has 2 aromatic heterocycles. The summed E-state index contributed by atoms with van der Waals surface area (Å²) in [7, 11) is 0. The van der Waals surface area contributed by atoms with Crippen molar-refractivity contribution in [3.8, 4) is 11.6 Å². The Morgan fingerprint density at radius 1 is 0.912 bits per heavy atom. The molecule has 1 atom stereocenters. The maximum atomic E-state index is 13.4. The molecule has 3 aliphatic heterocycles. The van der Waals surface area contributed by atoms with Gasteiger partial charge in [0.05, 0.1) is 23.9 Å². The molecule has 0 bridgehead atoms. The van der Waals surface area contributed by atoms with E-state index in [1.165, 1.54) is 12.3 Å². The minimum atomic E-state index is -1.08. The van der Waals surface area contributed by atoms with E-state index in [9.17, 15) is 28.8 Å². The molecule has 0 aliphatic carbocycles. The van der Waals surface area contributed by atoms with Crippen LogP contribution in [-0.2, 0) is 19.2 Å². The summed E-state index contributed by atoms with van der Waals surface area (Å²) in [6, 6.07) is 20.1. The van der Waals surface area contributed by atoms with Gasteiger partial charge in [-0.2, -0.15) is 4.98 Å². The number of rotatable bonds is 11. The van der Waals surface area contributed by atoms with E-state index in [1.54, 1.807) is 54.3 Å². The van der Waals surface area contributed by atoms with Crippen LogP contribution in [0.15, 0.2) is 83.5 Å². The van der Waals surface area contributed by atoms with Gasteiger partial charge in [-0.15, -0.1) is 0 Å². The van der Waals surface area contributed by atoms with E-state index >= 15 is 0 Å². The SMILES string of the molecule is CCC(=O)Nc1cccc(Oc2nc(Nc3ccc(N4CCN(C(=O)CNc5cccc6c5C(=O)N(C5CCC(=O)NC5=O)C6=O)CC4)cc3)nc3ccoc23)c1. The van der Waals surface area contributed by atoms with Crippen LogP contribution in [0.2, 0.25) is 0 Å². The lowest BCUT2D eigenvalue weighted by Crippen LogP contribution is -2.54. The Bertz CT molecular complexity index is 2420. The molecule has 17 nitrogen and oxygen atoms in total. The van der Waals surface area contributed by atoms with Gasteiger partial charge in [-0.05, 0) is 55.0 Å². The number of benzene rings is 3. The van der Waals surface area contributed by atoms with Crippen LogP contribution in [0.4, 0.5) is 28.7 Å². The summed E-state index contributed by atoms with van der Waals surface area (Å²) in [5.41, 5.74) is 3.80. The highest BCUT2D eigenvalue weighted by molar-refractivity contribution is 6.25. The fourth-order valence-electron chi connectivity index (χ4n) is 7.00. The number of nitrogens with one attached hydrogen (secondary N) is 4. The van der Waals surface area contributed by atoms with Crippen molar-refractivity contribution in [3.05, 3.63) is 90.2 Å². The zero-order valence-electron chi connectivity index (χ0n) is 30.7. The summed E-state index contributed by atoms with van der Waals surface area (Å²) < 4.78 is 11.7. The van der Waals surface area contributed by atoms with Crippen LogP contribution in [0.3, 0.4) is 0 Å². The fourth-order valence-corrected chi connectivity index (χ4v) is 7.00. The first-order valence-electron chi connectivity index (χ1n) is 18.5. The van der Waals surface area contributed by atoms with Crippen LogP contribution in [0.5, 0.6) is 11.6 Å². The van der Waals surface area contributed by atoms with Crippen LogP contribution >= 0.6 is 0 Å². The number of piperidine rings is 1. The highest BCUT2D eigenvalue weighted by atomic mass is 16.5. The molecule has 1 unspecified atom stereocenters. The van der Waals surface area contributed by atoms with Crippen molar-refractivity contribution in [3.63, 3.8) is 0 Å². The van der Waals surface area contributed by atoms with Crippen molar-refractivity contribution in [1.82, 2.24) is 25.1 Å². The smallest absolute Gasteiger partial charge is 0.268 e. The number of hydrogen-bond donors (Lipinski definition) is 4. The number of carbonyl (C=O) groups excluding carboxylic acids is 6. The molecule has 4 N–H and O–H groups in total. The van der Waals surface area contributed by atoms with Gasteiger partial charge in [0.25, 0.3) is 17.7 Å². The maximum absolute atomic E-state index is 13.4. The molecule has 0 saturated carbocycles. The number of imide groups is 2. The first-order valence-corrected chi connectivity index (χ1v) is 18.5. The molecule has 2 saturated heterocycles. The predicted molar refractivity (Wildman–Crippen MR) is 207 cm³/mol. The monoisotopic (exact) mass is 771 g/mol. The zero-order chi connectivity index (χ0) is 39.6. The zero-order valence-corrected chi connectivity index (χ0v) is 30.7. The number of anilines is 5. The van der Waals surface area contributed by atoms with Gasteiger partial charge in [0, 0.05) is 73.9 Å².